The van der Waals surface area contributed by atoms with Crippen LogP contribution in [0.15, 0.2) is 120 Å². The van der Waals surface area contributed by atoms with E-state index in [2.05, 4.69) is 48.5 Å². The second-order valence-electron chi connectivity index (χ2n) is 7.63. The van der Waals surface area contributed by atoms with Gasteiger partial charge < -0.3 is 0 Å². The molecule has 0 aliphatic heterocycles. The fourth-order valence-corrected chi connectivity index (χ4v) is 4.88. The molecule has 0 fully saturated rings. The minimum Gasteiger partial charge on any atom is -0.282 e. The van der Waals surface area contributed by atoms with Gasteiger partial charge in [0.1, 0.15) is 4.90 Å². The third-order valence-electron chi connectivity index (χ3n) is 5.65. The molecule has 0 radical (unpaired) electrons. The maximum atomic E-state index is 11.5. The van der Waals surface area contributed by atoms with Gasteiger partial charge in [-0.25, -0.2) is 0 Å². The molecule has 0 amide bonds. The molecule has 0 aliphatic rings. The first kappa shape index (κ1) is 23.2. The van der Waals surface area contributed by atoms with Crippen LogP contribution >= 0.6 is 24.0 Å². The molecule has 0 atom stereocenters. The molecule has 0 saturated heterocycles. The highest BCUT2D eigenvalue weighted by atomic mass is 127. The molecule has 5 heteroatoms. The fourth-order valence-electron chi connectivity index (χ4n) is 4.19. The van der Waals surface area contributed by atoms with Crippen molar-refractivity contribution >= 4 is 66.4 Å². The number of hydrogen-bond acceptors (Lipinski definition) is 2. The minimum atomic E-state index is -4.23. The lowest BCUT2D eigenvalue weighted by molar-refractivity contribution is 0.484. The van der Waals surface area contributed by atoms with Crippen LogP contribution in [0.5, 0.6) is 0 Å². The van der Waals surface area contributed by atoms with Crippen molar-refractivity contribution in [2.75, 3.05) is 0 Å². The van der Waals surface area contributed by atoms with Gasteiger partial charge in [-0.2, -0.15) is 8.42 Å². The summed E-state index contributed by atoms with van der Waals surface area (Å²) in [6.07, 6.45) is 0. The largest absolute Gasteiger partial charge is 0.295 e. The average molecular weight is 564 g/mol. The maximum absolute atomic E-state index is 11.5. The van der Waals surface area contributed by atoms with Crippen LogP contribution in [0.2, 0.25) is 0 Å². The van der Waals surface area contributed by atoms with Gasteiger partial charge in [0.2, 0.25) is 0 Å². The molecular formula is C28H21IO3S. The van der Waals surface area contributed by atoms with Gasteiger partial charge in [0, 0.05) is 5.39 Å². The Morgan fingerprint density at radius 2 is 0.939 bits per heavy atom. The first-order valence-electron chi connectivity index (χ1n) is 10.3. The zero-order valence-electron chi connectivity index (χ0n) is 17.5. The van der Waals surface area contributed by atoms with Crippen LogP contribution in [0.25, 0.3) is 43.4 Å². The van der Waals surface area contributed by atoms with Crippen molar-refractivity contribution in [3.8, 4) is 11.1 Å². The summed E-state index contributed by atoms with van der Waals surface area (Å²) in [6, 6.07) is 37.6. The van der Waals surface area contributed by atoms with Crippen LogP contribution in [0, 0.1) is 0 Å². The van der Waals surface area contributed by atoms with Gasteiger partial charge in [0.05, 0.1) is 0 Å². The summed E-state index contributed by atoms with van der Waals surface area (Å²) in [5, 5.41) is 5.58. The van der Waals surface area contributed by atoms with Crippen molar-refractivity contribution in [1.29, 1.82) is 0 Å². The van der Waals surface area contributed by atoms with Crippen LogP contribution in [0.4, 0.5) is 0 Å². The normalized spacial score (nSPS) is 11.2. The highest BCUT2D eigenvalue weighted by Gasteiger charge is 2.17. The van der Waals surface area contributed by atoms with E-state index in [1.165, 1.54) is 17.2 Å². The van der Waals surface area contributed by atoms with E-state index in [0.29, 0.717) is 5.39 Å². The van der Waals surface area contributed by atoms with E-state index in [4.69, 9.17) is 0 Å². The van der Waals surface area contributed by atoms with Crippen molar-refractivity contribution in [3.63, 3.8) is 0 Å². The van der Waals surface area contributed by atoms with Crippen LogP contribution in [0.1, 0.15) is 0 Å². The van der Waals surface area contributed by atoms with Gasteiger partial charge in [-0.1, -0.05) is 109 Å². The van der Waals surface area contributed by atoms with Crippen molar-refractivity contribution in [3.05, 3.63) is 115 Å². The molecule has 0 aromatic heterocycles. The van der Waals surface area contributed by atoms with Gasteiger partial charge in [-0.05, 0) is 44.1 Å². The molecular weight excluding hydrogens is 543 g/mol. The van der Waals surface area contributed by atoms with E-state index in [-0.39, 0.29) is 28.9 Å². The highest BCUT2D eigenvalue weighted by molar-refractivity contribution is 14.0. The van der Waals surface area contributed by atoms with E-state index < -0.39 is 10.1 Å². The van der Waals surface area contributed by atoms with Crippen LogP contribution in [-0.2, 0) is 10.1 Å². The zero-order chi connectivity index (χ0) is 22.1. The Bertz CT molecular complexity index is 1580. The first-order valence-corrected chi connectivity index (χ1v) is 11.7. The molecule has 0 bridgehead atoms. The topological polar surface area (TPSA) is 54.4 Å². The molecule has 0 unspecified atom stereocenters. The van der Waals surface area contributed by atoms with Gasteiger partial charge in [0.25, 0.3) is 10.1 Å². The summed E-state index contributed by atoms with van der Waals surface area (Å²) in [6.45, 7) is 0. The lowest BCUT2D eigenvalue weighted by atomic mass is 9.94. The summed E-state index contributed by atoms with van der Waals surface area (Å²) >= 11 is 0. The molecule has 1 N–H and O–H groups in total. The number of benzene rings is 6. The van der Waals surface area contributed by atoms with Gasteiger partial charge >= 0.3 is 0 Å². The molecule has 3 nitrogen and oxygen atoms in total. The second kappa shape index (κ2) is 9.47. The second-order valence-corrected chi connectivity index (χ2v) is 9.02. The van der Waals surface area contributed by atoms with Crippen LogP contribution < -0.4 is 0 Å². The fraction of sp³-hybridized carbons (Fsp3) is 0. The predicted octanol–water partition coefficient (Wildman–Crippen LogP) is 7.80. The summed E-state index contributed by atoms with van der Waals surface area (Å²) in [4.78, 5) is -0.0387. The van der Waals surface area contributed by atoms with E-state index >= 15 is 0 Å². The number of rotatable bonds is 2. The Hall–Kier alpha value is -3.00. The quantitative estimate of drug-likeness (QED) is 0.133. The molecule has 0 heterocycles. The molecule has 6 aromatic rings. The van der Waals surface area contributed by atoms with Crippen molar-refractivity contribution < 1.29 is 13.0 Å². The summed E-state index contributed by atoms with van der Waals surface area (Å²) < 4.78 is 32.5. The summed E-state index contributed by atoms with van der Waals surface area (Å²) in [5.41, 5.74) is 2.55. The van der Waals surface area contributed by atoms with Gasteiger partial charge in [-0.3, -0.25) is 4.55 Å². The van der Waals surface area contributed by atoms with Crippen molar-refractivity contribution in [2.45, 2.75) is 4.90 Å². The lowest BCUT2D eigenvalue weighted by Gasteiger charge is -2.12. The molecule has 164 valence electrons. The van der Waals surface area contributed by atoms with E-state index in [1.807, 2.05) is 48.5 Å². The van der Waals surface area contributed by atoms with Crippen LogP contribution in [0.3, 0.4) is 0 Å². The van der Waals surface area contributed by atoms with E-state index in [0.717, 1.165) is 26.9 Å². The van der Waals surface area contributed by atoms with Gasteiger partial charge in [-0.15, -0.1) is 24.0 Å². The minimum absolute atomic E-state index is 0. The third kappa shape index (κ3) is 4.57. The van der Waals surface area contributed by atoms with Crippen LogP contribution in [-0.4, -0.2) is 13.0 Å². The molecule has 0 saturated carbocycles. The first-order chi connectivity index (χ1) is 15.5. The Morgan fingerprint density at radius 1 is 0.485 bits per heavy atom. The zero-order valence-corrected chi connectivity index (χ0v) is 20.7. The lowest BCUT2D eigenvalue weighted by Crippen LogP contribution is -1.99. The highest BCUT2D eigenvalue weighted by Crippen LogP contribution is 2.37. The Kier molecular flexibility index (Phi) is 6.65. The standard InChI is InChI=1S/C16H10O3S.C12H10.HI/c17-20(18,19)14-9-7-12-5-4-10-2-1-3-11-6-8-13(14)16(12)15(10)11;1-3-7-11(8-4-1)12-9-5-2-6-10-12;/h1-9H,(H,17,18,19);1-10H;1H. The molecule has 0 spiro atoms. The molecule has 0 aliphatic carbocycles. The van der Waals surface area contributed by atoms with E-state index in [9.17, 15) is 13.0 Å². The monoisotopic (exact) mass is 564 g/mol. The SMILES string of the molecule is I.O=S(=O)(O)c1ccc2ccc3cccc4ccc1c2c34.c1ccc(-c2ccccc2)cc1. The number of halogens is 1. The maximum Gasteiger partial charge on any atom is 0.295 e. The number of hydrogen-bond donors (Lipinski definition) is 1. The Balaban J connectivity index is 0.000000172. The molecule has 33 heavy (non-hydrogen) atoms. The predicted molar refractivity (Wildman–Crippen MR) is 147 cm³/mol. The van der Waals surface area contributed by atoms with Gasteiger partial charge in [0.15, 0.2) is 0 Å². The Labute approximate surface area is 209 Å². The van der Waals surface area contributed by atoms with Crippen molar-refractivity contribution in [2.24, 2.45) is 0 Å². The summed E-state index contributed by atoms with van der Waals surface area (Å²) in [5.74, 6) is 0. The van der Waals surface area contributed by atoms with E-state index in [1.54, 1.807) is 12.1 Å². The third-order valence-corrected chi connectivity index (χ3v) is 6.56. The molecule has 6 aromatic carbocycles. The average Bonchev–Trinajstić information content (AvgIpc) is 2.83. The van der Waals surface area contributed by atoms with Crippen molar-refractivity contribution in [1.82, 2.24) is 0 Å². The molecule has 6 rings (SSSR count). The Morgan fingerprint density at radius 3 is 1.45 bits per heavy atom. The smallest absolute Gasteiger partial charge is 0.282 e. The summed E-state index contributed by atoms with van der Waals surface area (Å²) in [7, 11) is -4.23.